The van der Waals surface area contributed by atoms with Gasteiger partial charge in [0.2, 0.25) is 0 Å². The molecule has 3 heteroatoms. The first kappa shape index (κ1) is 13.8. The predicted octanol–water partition coefficient (Wildman–Crippen LogP) is 3.17. The zero-order valence-electron chi connectivity index (χ0n) is 11.4. The predicted molar refractivity (Wildman–Crippen MR) is 72.9 cm³/mol. The Hall–Kier alpha value is -1.66. The number of benzene rings is 1. The highest BCUT2D eigenvalue weighted by molar-refractivity contribution is 5.92. The van der Waals surface area contributed by atoms with Crippen LogP contribution in [0, 0.1) is 11.3 Å². The lowest BCUT2D eigenvalue weighted by atomic mass is 9.90. The Labute approximate surface area is 114 Å². The van der Waals surface area contributed by atoms with Crippen LogP contribution in [0.25, 0.3) is 0 Å². The Balaban J connectivity index is 2.17. The molecule has 0 saturated carbocycles. The Bertz CT molecular complexity index is 478. The van der Waals surface area contributed by atoms with Crippen molar-refractivity contribution in [3.63, 3.8) is 0 Å². The second-order valence-electron chi connectivity index (χ2n) is 5.29. The van der Waals surface area contributed by atoms with Crippen LogP contribution in [0.15, 0.2) is 24.3 Å². The van der Waals surface area contributed by atoms with Crippen LogP contribution >= 0.6 is 0 Å². The average Bonchev–Trinajstić information content (AvgIpc) is 2.94. The minimum Gasteiger partial charge on any atom is -0.370 e. The van der Waals surface area contributed by atoms with E-state index in [-0.39, 0.29) is 5.78 Å². The SMILES string of the molecule is CC(C)c1ccc(C(C#N)C(=O)C2CCCO2)cc1. The fraction of sp³-hybridized carbons (Fsp3) is 0.500. The molecule has 0 aromatic heterocycles. The van der Waals surface area contributed by atoms with E-state index >= 15 is 0 Å². The molecular formula is C16H19NO2. The molecule has 0 bridgehead atoms. The van der Waals surface area contributed by atoms with E-state index in [2.05, 4.69) is 19.9 Å². The molecule has 19 heavy (non-hydrogen) atoms. The molecule has 3 nitrogen and oxygen atoms in total. The molecular weight excluding hydrogens is 238 g/mol. The molecule has 0 spiro atoms. The Morgan fingerprint density at radius 3 is 2.42 bits per heavy atom. The molecule has 2 atom stereocenters. The third-order valence-electron chi connectivity index (χ3n) is 3.60. The molecule has 2 unspecified atom stereocenters. The zero-order chi connectivity index (χ0) is 13.8. The normalized spacial score (nSPS) is 20.2. The molecule has 1 aliphatic heterocycles. The number of carbonyl (C=O) groups excluding carboxylic acids is 1. The third-order valence-corrected chi connectivity index (χ3v) is 3.60. The second kappa shape index (κ2) is 5.99. The van der Waals surface area contributed by atoms with Crippen molar-refractivity contribution in [3.8, 4) is 6.07 Å². The molecule has 1 saturated heterocycles. The summed E-state index contributed by atoms with van der Waals surface area (Å²) in [6, 6.07) is 9.87. The van der Waals surface area contributed by atoms with Crippen LogP contribution in [0.1, 0.15) is 49.7 Å². The first-order chi connectivity index (χ1) is 9.13. The Morgan fingerprint density at radius 2 is 1.95 bits per heavy atom. The Kier molecular flexibility index (Phi) is 4.34. The molecule has 1 heterocycles. The molecule has 1 fully saturated rings. The summed E-state index contributed by atoms with van der Waals surface area (Å²) in [6.07, 6.45) is 1.25. The van der Waals surface area contributed by atoms with Gasteiger partial charge in [-0.3, -0.25) is 4.79 Å². The van der Waals surface area contributed by atoms with Crippen LogP contribution in [-0.4, -0.2) is 18.5 Å². The summed E-state index contributed by atoms with van der Waals surface area (Å²) in [4.78, 5) is 12.2. The van der Waals surface area contributed by atoms with Crippen molar-refractivity contribution >= 4 is 5.78 Å². The first-order valence-electron chi connectivity index (χ1n) is 6.78. The summed E-state index contributed by atoms with van der Waals surface area (Å²) in [5.41, 5.74) is 1.98. The molecule has 1 aromatic rings. The van der Waals surface area contributed by atoms with Crippen LogP contribution in [0.2, 0.25) is 0 Å². The van der Waals surface area contributed by atoms with Crippen molar-refractivity contribution in [2.75, 3.05) is 6.61 Å². The molecule has 2 rings (SSSR count). The Morgan fingerprint density at radius 1 is 1.32 bits per heavy atom. The number of carbonyl (C=O) groups is 1. The van der Waals surface area contributed by atoms with Crippen molar-refractivity contribution in [1.29, 1.82) is 5.26 Å². The van der Waals surface area contributed by atoms with Crippen molar-refractivity contribution in [2.45, 2.75) is 44.6 Å². The summed E-state index contributed by atoms with van der Waals surface area (Å²) in [6.45, 7) is 4.86. The summed E-state index contributed by atoms with van der Waals surface area (Å²) in [5.74, 6) is -0.356. The van der Waals surface area contributed by atoms with Crippen molar-refractivity contribution < 1.29 is 9.53 Å². The zero-order valence-corrected chi connectivity index (χ0v) is 11.4. The van der Waals surface area contributed by atoms with E-state index in [1.165, 1.54) is 5.56 Å². The number of ether oxygens (including phenoxy) is 1. The number of rotatable bonds is 4. The van der Waals surface area contributed by atoms with Crippen molar-refractivity contribution in [2.24, 2.45) is 0 Å². The fourth-order valence-corrected chi connectivity index (χ4v) is 2.36. The molecule has 1 aromatic carbocycles. The van der Waals surface area contributed by atoms with E-state index < -0.39 is 12.0 Å². The number of hydrogen-bond donors (Lipinski definition) is 0. The monoisotopic (exact) mass is 257 g/mol. The lowest BCUT2D eigenvalue weighted by Gasteiger charge is -2.14. The largest absolute Gasteiger partial charge is 0.370 e. The minimum atomic E-state index is -0.704. The van der Waals surface area contributed by atoms with E-state index in [0.29, 0.717) is 12.5 Å². The molecule has 100 valence electrons. The number of hydrogen-bond acceptors (Lipinski definition) is 3. The van der Waals surface area contributed by atoms with Gasteiger partial charge < -0.3 is 4.74 Å². The smallest absolute Gasteiger partial charge is 0.183 e. The van der Waals surface area contributed by atoms with Crippen molar-refractivity contribution in [3.05, 3.63) is 35.4 Å². The van der Waals surface area contributed by atoms with Gasteiger partial charge >= 0.3 is 0 Å². The van der Waals surface area contributed by atoms with Gasteiger partial charge in [0.05, 0.1) is 6.07 Å². The number of ketones is 1. The van der Waals surface area contributed by atoms with Crippen LogP contribution in [0.3, 0.4) is 0 Å². The minimum absolute atomic E-state index is 0.0997. The molecule has 0 radical (unpaired) electrons. The molecule has 0 aliphatic carbocycles. The lowest BCUT2D eigenvalue weighted by molar-refractivity contribution is -0.128. The maximum Gasteiger partial charge on any atom is 0.183 e. The summed E-state index contributed by atoms with van der Waals surface area (Å²) >= 11 is 0. The van der Waals surface area contributed by atoms with Gasteiger partial charge in [-0.25, -0.2) is 0 Å². The van der Waals surface area contributed by atoms with Crippen molar-refractivity contribution in [1.82, 2.24) is 0 Å². The van der Waals surface area contributed by atoms with E-state index in [9.17, 15) is 10.1 Å². The van der Waals surface area contributed by atoms with Gasteiger partial charge in [0, 0.05) is 6.61 Å². The van der Waals surface area contributed by atoms with Crippen LogP contribution in [-0.2, 0) is 9.53 Å². The van der Waals surface area contributed by atoms with Gasteiger partial charge in [0.15, 0.2) is 5.78 Å². The van der Waals surface area contributed by atoms with E-state index in [1.807, 2.05) is 24.3 Å². The lowest BCUT2D eigenvalue weighted by Crippen LogP contribution is -2.25. The number of nitriles is 1. The molecule has 0 N–H and O–H groups in total. The van der Waals surface area contributed by atoms with Gasteiger partial charge in [0.1, 0.15) is 12.0 Å². The average molecular weight is 257 g/mol. The van der Waals surface area contributed by atoms with Gasteiger partial charge in [-0.05, 0) is 29.9 Å². The van der Waals surface area contributed by atoms with Gasteiger partial charge in [-0.15, -0.1) is 0 Å². The summed E-state index contributed by atoms with van der Waals surface area (Å²) in [7, 11) is 0. The highest BCUT2D eigenvalue weighted by Gasteiger charge is 2.31. The molecule has 0 amide bonds. The number of nitrogens with zero attached hydrogens (tertiary/aromatic N) is 1. The maximum absolute atomic E-state index is 12.2. The quantitative estimate of drug-likeness (QED) is 0.832. The van der Waals surface area contributed by atoms with Gasteiger partial charge in [-0.2, -0.15) is 5.26 Å². The first-order valence-corrected chi connectivity index (χ1v) is 6.78. The second-order valence-corrected chi connectivity index (χ2v) is 5.29. The maximum atomic E-state index is 12.2. The van der Waals surface area contributed by atoms with E-state index in [0.717, 1.165) is 18.4 Å². The van der Waals surface area contributed by atoms with Crippen LogP contribution < -0.4 is 0 Å². The third kappa shape index (κ3) is 3.02. The standard InChI is InChI=1S/C16H19NO2/c1-11(2)12-5-7-13(8-6-12)14(10-17)16(18)15-4-3-9-19-15/h5-8,11,14-15H,3-4,9H2,1-2H3. The van der Waals surface area contributed by atoms with E-state index in [4.69, 9.17) is 4.74 Å². The van der Waals surface area contributed by atoms with Gasteiger partial charge in [0.25, 0.3) is 0 Å². The highest BCUT2D eigenvalue weighted by Crippen LogP contribution is 2.25. The summed E-state index contributed by atoms with van der Waals surface area (Å²) < 4.78 is 5.38. The summed E-state index contributed by atoms with van der Waals surface area (Å²) in [5, 5.41) is 9.26. The topological polar surface area (TPSA) is 50.1 Å². The van der Waals surface area contributed by atoms with Crippen LogP contribution in [0.4, 0.5) is 0 Å². The van der Waals surface area contributed by atoms with Crippen LogP contribution in [0.5, 0.6) is 0 Å². The highest BCUT2D eigenvalue weighted by atomic mass is 16.5. The molecule has 1 aliphatic rings. The van der Waals surface area contributed by atoms with E-state index in [1.54, 1.807) is 0 Å². The fourth-order valence-electron chi connectivity index (χ4n) is 2.36. The number of Topliss-reactive ketones (excluding diaryl/α,β-unsaturated/α-hetero) is 1. The van der Waals surface area contributed by atoms with Gasteiger partial charge in [-0.1, -0.05) is 38.1 Å².